The van der Waals surface area contributed by atoms with Crippen molar-refractivity contribution < 1.29 is 9.53 Å². The maximum atomic E-state index is 12.1. The molecule has 6 nitrogen and oxygen atoms in total. The van der Waals surface area contributed by atoms with E-state index in [1.165, 1.54) is 0 Å². The Balaban J connectivity index is 1.61. The Morgan fingerprint density at radius 3 is 2.60 bits per heavy atom. The van der Waals surface area contributed by atoms with E-state index >= 15 is 0 Å². The minimum absolute atomic E-state index is 0.236. The summed E-state index contributed by atoms with van der Waals surface area (Å²) in [6, 6.07) is 15.4. The number of amides is 2. The minimum atomic E-state index is -0.236. The van der Waals surface area contributed by atoms with E-state index < -0.39 is 0 Å². The first-order valence-corrected chi connectivity index (χ1v) is 8.30. The number of urea groups is 1. The third kappa shape index (κ3) is 3.74. The molecule has 6 heteroatoms. The molecule has 0 fully saturated rings. The minimum Gasteiger partial charge on any atom is -0.496 e. The quantitative estimate of drug-likeness (QED) is 0.726. The van der Waals surface area contributed by atoms with E-state index in [4.69, 9.17) is 4.74 Å². The maximum Gasteiger partial charge on any atom is 0.315 e. The number of hydrogen-bond acceptors (Lipinski definition) is 3. The monoisotopic (exact) mass is 338 g/mol. The van der Waals surface area contributed by atoms with Crippen molar-refractivity contribution in [3.63, 3.8) is 0 Å². The molecule has 1 heterocycles. The van der Waals surface area contributed by atoms with Gasteiger partial charge in [-0.2, -0.15) is 0 Å². The lowest BCUT2D eigenvalue weighted by Crippen LogP contribution is -2.35. The molecule has 0 radical (unpaired) electrons. The summed E-state index contributed by atoms with van der Waals surface area (Å²) in [5.74, 6) is 1.60. The van der Waals surface area contributed by atoms with Crippen molar-refractivity contribution in [3.05, 3.63) is 59.9 Å². The van der Waals surface area contributed by atoms with Crippen molar-refractivity contribution in [2.24, 2.45) is 0 Å². The summed E-state index contributed by atoms with van der Waals surface area (Å²) < 4.78 is 7.39. The van der Waals surface area contributed by atoms with Crippen molar-refractivity contribution in [1.29, 1.82) is 0 Å². The molecule has 0 bridgehead atoms. The predicted octanol–water partition coefficient (Wildman–Crippen LogP) is 3.06. The van der Waals surface area contributed by atoms with Gasteiger partial charge in [-0.3, -0.25) is 0 Å². The SMILES string of the molecule is CCn1c(CNC(=O)NCc2ccccc2OC)nc2ccccc21. The Morgan fingerprint density at radius 1 is 1.08 bits per heavy atom. The molecule has 0 atom stereocenters. The third-order valence-electron chi connectivity index (χ3n) is 4.09. The highest BCUT2D eigenvalue weighted by Crippen LogP contribution is 2.17. The standard InChI is InChI=1S/C19H22N4O2/c1-3-23-16-10-6-5-9-15(16)22-18(23)13-21-19(24)20-12-14-8-4-7-11-17(14)25-2/h4-11H,3,12-13H2,1-2H3,(H2,20,21,24). The number of carbonyl (C=O) groups is 1. The lowest BCUT2D eigenvalue weighted by molar-refractivity contribution is 0.239. The van der Waals surface area contributed by atoms with Crippen LogP contribution in [0, 0.1) is 0 Å². The van der Waals surface area contributed by atoms with Crippen LogP contribution >= 0.6 is 0 Å². The van der Waals surface area contributed by atoms with E-state index in [1.807, 2.05) is 48.5 Å². The molecule has 3 rings (SSSR count). The number of rotatable bonds is 6. The van der Waals surface area contributed by atoms with Gasteiger partial charge < -0.3 is 19.9 Å². The Hall–Kier alpha value is -3.02. The van der Waals surface area contributed by atoms with Gasteiger partial charge in [0.05, 0.1) is 24.7 Å². The van der Waals surface area contributed by atoms with Gasteiger partial charge in [-0.15, -0.1) is 0 Å². The summed E-state index contributed by atoms with van der Waals surface area (Å²) in [5.41, 5.74) is 2.95. The molecule has 25 heavy (non-hydrogen) atoms. The normalized spacial score (nSPS) is 10.6. The number of hydrogen-bond donors (Lipinski definition) is 2. The van der Waals surface area contributed by atoms with Crippen molar-refractivity contribution in [2.45, 2.75) is 26.6 Å². The lowest BCUT2D eigenvalue weighted by Gasteiger charge is -2.11. The second-order valence-corrected chi connectivity index (χ2v) is 5.61. The number of methoxy groups -OCH3 is 1. The molecule has 0 aliphatic carbocycles. The Kier molecular flexibility index (Phi) is 5.18. The number of imidazole rings is 1. The van der Waals surface area contributed by atoms with Gasteiger partial charge in [-0.1, -0.05) is 30.3 Å². The first kappa shape index (κ1) is 16.8. The number of carbonyl (C=O) groups excluding carboxylic acids is 1. The zero-order chi connectivity index (χ0) is 17.6. The predicted molar refractivity (Wildman–Crippen MR) is 97.5 cm³/mol. The van der Waals surface area contributed by atoms with Crippen LogP contribution in [0.3, 0.4) is 0 Å². The van der Waals surface area contributed by atoms with E-state index in [1.54, 1.807) is 7.11 Å². The van der Waals surface area contributed by atoms with Crippen LogP contribution in [0.25, 0.3) is 11.0 Å². The van der Waals surface area contributed by atoms with Crippen molar-refractivity contribution >= 4 is 17.1 Å². The third-order valence-corrected chi connectivity index (χ3v) is 4.09. The van der Waals surface area contributed by atoms with E-state index in [2.05, 4.69) is 27.1 Å². The van der Waals surface area contributed by atoms with Crippen LogP contribution in [0.2, 0.25) is 0 Å². The second-order valence-electron chi connectivity index (χ2n) is 5.61. The van der Waals surface area contributed by atoms with E-state index in [9.17, 15) is 4.79 Å². The molecular formula is C19H22N4O2. The zero-order valence-corrected chi connectivity index (χ0v) is 14.5. The van der Waals surface area contributed by atoms with Crippen LogP contribution in [0.4, 0.5) is 4.79 Å². The Labute approximate surface area is 146 Å². The van der Waals surface area contributed by atoms with Crippen LogP contribution < -0.4 is 15.4 Å². The number of aromatic nitrogens is 2. The number of nitrogens with zero attached hydrogens (tertiary/aromatic N) is 2. The van der Waals surface area contributed by atoms with Gasteiger partial charge in [0.1, 0.15) is 11.6 Å². The van der Waals surface area contributed by atoms with E-state index in [-0.39, 0.29) is 6.03 Å². The molecule has 0 saturated carbocycles. The molecule has 0 unspecified atom stereocenters. The van der Waals surface area contributed by atoms with Crippen LogP contribution in [-0.2, 0) is 19.6 Å². The smallest absolute Gasteiger partial charge is 0.315 e. The van der Waals surface area contributed by atoms with Gasteiger partial charge >= 0.3 is 6.03 Å². The summed E-state index contributed by atoms with van der Waals surface area (Å²) >= 11 is 0. The number of aryl methyl sites for hydroxylation is 1. The fourth-order valence-electron chi connectivity index (χ4n) is 2.86. The second kappa shape index (κ2) is 7.70. The largest absolute Gasteiger partial charge is 0.496 e. The fourth-order valence-corrected chi connectivity index (χ4v) is 2.86. The molecule has 0 saturated heterocycles. The summed E-state index contributed by atoms with van der Waals surface area (Å²) in [7, 11) is 1.62. The summed E-state index contributed by atoms with van der Waals surface area (Å²) in [5, 5.41) is 5.72. The van der Waals surface area contributed by atoms with Gasteiger partial charge in [-0.25, -0.2) is 9.78 Å². The zero-order valence-electron chi connectivity index (χ0n) is 14.5. The van der Waals surface area contributed by atoms with Gasteiger partial charge in [0.25, 0.3) is 0 Å². The van der Waals surface area contributed by atoms with Crippen LogP contribution in [0.15, 0.2) is 48.5 Å². The van der Waals surface area contributed by atoms with Crippen LogP contribution in [0.1, 0.15) is 18.3 Å². The Morgan fingerprint density at radius 2 is 1.80 bits per heavy atom. The fraction of sp³-hybridized carbons (Fsp3) is 0.263. The average Bonchev–Trinajstić information content (AvgIpc) is 3.02. The van der Waals surface area contributed by atoms with E-state index in [0.29, 0.717) is 13.1 Å². The molecule has 1 aromatic heterocycles. The highest BCUT2D eigenvalue weighted by atomic mass is 16.5. The number of ether oxygens (including phenoxy) is 1. The van der Waals surface area contributed by atoms with Gasteiger partial charge in [0.15, 0.2) is 0 Å². The molecule has 0 aliphatic rings. The topological polar surface area (TPSA) is 68.2 Å². The molecule has 2 N–H and O–H groups in total. The first-order valence-electron chi connectivity index (χ1n) is 8.30. The highest BCUT2D eigenvalue weighted by molar-refractivity contribution is 5.76. The van der Waals surface area contributed by atoms with Gasteiger partial charge in [0, 0.05) is 18.7 Å². The number of para-hydroxylation sites is 3. The molecule has 3 aromatic rings. The molecule has 2 amide bonds. The lowest BCUT2D eigenvalue weighted by atomic mass is 10.2. The maximum absolute atomic E-state index is 12.1. The number of fused-ring (bicyclic) bond motifs is 1. The van der Waals surface area contributed by atoms with Crippen molar-refractivity contribution in [3.8, 4) is 5.75 Å². The van der Waals surface area contributed by atoms with Gasteiger partial charge in [0.2, 0.25) is 0 Å². The van der Waals surface area contributed by atoms with Crippen LogP contribution in [0.5, 0.6) is 5.75 Å². The molecule has 2 aromatic carbocycles. The molecule has 130 valence electrons. The summed E-state index contributed by atoms with van der Waals surface area (Å²) in [4.78, 5) is 16.7. The van der Waals surface area contributed by atoms with Crippen molar-refractivity contribution in [1.82, 2.24) is 20.2 Å². The number of benzene rings is 2. The van der Waals surface area contributed by atoms with E-state index in [0.717, 1.165) is 34.7 Å². The van der Waals surface area contributed by atoms with Crippen molar-refractivity contribution in [2.75, 3.05) is 7.11 Å². The average molecular weight is 338 g/mol. The highest BCUT2D eigenvalue weighted by Gasteiger charge is 2.10. The summed E-state index contributed by atoms with van der Waals surface area (Å²) in [6.07, 6.45) is 0. The molecular weight excluding hydrogens is 316 g/mol. The van der Waals surface area contributed by atoms with Gasteiger partial charge in [-0.05, 0) is 25.1 Å². The Bertz CT molecular complexity index is 873. The molecule has 0 aliphatic heterocycles. The number of nitrogens with one attached hydrogen (secondary N) is 2. The molecule has 0 spiro atoms. The summed E-state index contributed by atoms with van der Waals surface area (Å²) in [6.45, 7) is 3.65. The van der Waals surface area contributed by atoms with Crippen LogP contribution in [-0.4, -0.2) is 22.7 Å². The first-order chi connectivity index (χ1) is 12.2.